The topological polar surface area (TPSA) is 185 Å². The van der Waals surface area contributed by atoms with Crippen LogP contribution in [0.15, 0.2) is 152 Å². The average Bonchev–Trinajstić information content (AvgIpc) is 3.48. The van der Waals surface area contributed by atoms with Gasteiger partial charge in [0.15, 0.2) is 0 Å². The molecule has 402 valence electrons. The van der Waals surface area contributed by atoms with Crippen molar-refractivity contribution in [1.29, 1.82) is 0 Å². The molecule has 0 unspecified atom stereocenters. The van der Waals surface area contributed by atoms with Gasteiger partial charge in [0.1, 0.15) is 30.0 Å². The third kappa shape index (κ3) is 15.1. The normalized spacial score (nSPS) is 14.5. The lowest BCUT2D eigenvalue weighted by atomic mass is 10.1. The molecule has 6 aromatic carbocycles. The number of aryl methyl sites for hydroxylation is 2. The number of carbonyl (C=O) groups is 4. The van der Waals surface area contributed by atoms with Crippen LogP contribution in [0.5, 0.6) is 11.5 Å². The van der Waals surface area contributed by atoms with E-state index in [0.29, 0.717) is 103 Å². The Morgan fingerprint density at radius 3 is 1.76 bits per heavy atom. The number of hydrogen-bond acceptors (Lipinski definition) is 12. The second-order valence-electron chi connectivity index (χ2n) is 19.1. The third-order valence-electron chi connectivity index (χ3n) is 13.4. The number of pyridine rings is 1. The summed E-state index contributed by atoms with van der Waals surface area (Å²) in [6.07, 6.45) is 3.71. The van der Waals surface area contributed by atoms with E-state index in [1.54, 1.807) is 79.0 Å². The van der Waals surface area contributed by atoms with Gasteiger partial charge in [0.25, 0.3) is 23.6 Å². The van der Waals surface area contributed by atoms with Crippen molar-refractivity contribution in [1.82, 2.24) is 10.3 Å². The minimum atomic E-state index is -0.479. The van der Waals surface area contributed by atoms with Gasteiger partial charge in [-0.05, 0) is 166 Å². The van der Waals surface area contributed by atoms with Crippen molar-refractivity contribution in [3.8, 4) is 11.5 Å². The summed E-state index contributed by atoms with van der Waals surface area (Å²) in [6.45, 7) is 11.3. The van der Waals surface area contributed by atoms with Crippen LogP contribution in [0.3, 0.4) is 0 Å². The van der Waals surface area contributed by atoms with E-state index in [1.807, 2.05) is 79.4 Å². The number of nitrogens with zero attached hydrogens (tertiary/aromatic N) is 3. The van der Waals surface area contributed by atoms with Gasteiger partial charge in [0, 0.05) is 88.8 Å². The lowest BCUT2D eigenvalue weighted by Crippen LogP contribution is -2.36. The van der Waals surface area contributed by atoms with Gasteiger partial charge in [-0.25, -0.2) is 4.39 Å². The van der Waals surface area contributed by atoms with Crippen LogP contribution in [-0.2, 0) is 16.1 Å². The molecule has 0 radical (unpaired) electrons. The second-order valence-corrected chi connectivity index (χ2v) is 19.1. The highest BCUT2D eigenvalue weighted by atomic mass is 19.1. The fourth-order valence-electron chi connectivity index (χ4n) is 9.00. The summed E-state index contributed by atoms with van der Waals surface area (Å²) >= 11 is 0. The highest BCUT2D eigenvalue weighted by Crippen LogP contribution is 2.27. The van der Waals surface area contributed by atoms with Crippen LogP contribution >= 0.6 is 0 Å². The van der Waals surface area contributed by atoms with E-state index in [1.165, 1.54) is 12.1 Å². The van der Waals surface area contributed by atoms with Gasteiger partial charge in [-0.1, -0.05) is 30.3 Å². The van der Waals surface area contributed by atoms with Crippen LogP contribution in [0.1, 0.15) is 71.1 Å². The Morgan fingerprint density at radius 1 is 0.564 bits per heavy atom. The summed E-state index contributed by atoms with van der Waals surface area (Å²) in [5, 5.41) is 15.0. The molecular weight excluding hydrogens is 992 g/mol. The number of piperidine rings is 1. The lowest BCUT2D eigenvalue weighted by Gasteiger charge is -2.29. The Bertz CT molecular complexity index is 3200. The van der Waals surface area contributed by atoms with E-state index in [4.69, 9.17) is 18.9 Å². The van der Waals surface area contributed by atoms with Crippen molar-refractivity contribution < 1.29 is 42.5 Å². The van der Waals surface area contributed by atoms with Gasteiger partial charge in [-0.2, -0.15) is 0 Å². The predicted octanol–water partition coefficient (Wildman–Crippen LogP) is 9.92. The molecule has 0 aliphatic carbocycles. The molecule has 4 amide bonds. The first-order chi connectivity index (χ1) is 38.0. The summed E-state index contributed by atoms with van der Waals surface area (Å²) in [4.78, 5) is 60.5. The minimum Gasteiger partial charge on any atom is -0.490 e. The number of morpholine rings is 2. The maximum Gasteiger partial charge on any atom is 0.255 e. The van der Waals surface area contributed by atoms with Crippen molar-refractivity contribution in [2.45, 2.75) is 39.4 Å². The van der Waals surface area contributed by atoms with Crippen LogP contribution in [-0.4, -0.2) is 100 Å². The van der Waals surface area contributed by atoms with Gasteiger partial charge >= 0.3 is 0 Å². The molecule has 3 saturated heterocycles. The standard InChI is InChI=1S/C31H30N4O4.C30H33FN4O4/c1-22-8-11-25(33-31(37)24-5-4-7-27(19-24)35-15-17-38-18-16-35)20-29(22)34-30(36)23-9-12-28(13-10-23)39-21-26-6-2-3-14-32-26;1-20-5-6-24(33-30(37)22-15-23(31)18-25(16-22)35-11-13-38-14-12-35)19-28(20)34-29(36)21-3-2-4-27(17-21)39-26-7-9-32-10-8-26/h2-14,19-20H,15-18,21H2,1H3,(H,33,37)(H,34,36);2-6,15-19,26,32H,7-14H2,1H3,(H,33,37)(H,34,36). The van der Waals surface area contributed by atoms with Gasteiger partial charge in [0.2, 0.25) is 0 Å². The van der Waals surface area contributed by atoms with Crippen molar-refractivity contribution in [2.75, 3.05) is 96.8 Å². The molecule has 0 saturated carbocycles. The fourth-order valence-corrected chi connectivity index (χ4v) is 9.00. The van der Waals surface area contributed by atoms with Crippen molar-refractivity contribution in [3.63, 3.8) is 0 Å². The summed E-state index contributed by atoms with van der Waals surface area (Å²) < 4.78 is 37.0. The van der Waals surface area contributed by atoms with Crippen LogP contribution in [0, 0.1) is 19.7 Å². The Balaban J connectivity index is 0.000000190. The summed E-state index contributed by atoms with van der Waals surface area (Å²) in [6, 6.07) is 42.3. The van der Waals surface area contributed by atoms with E-state index >= 15 is 0 Å². The molecule has 0 bridgehead atoms. The first kappa shape index (κ1) is 54.2. The summed E-state index contributed by atoms with van der Waals surface area (Å²) in [5.41, 5.74) is 8.20. The molecule has 5 N–H and O–H groups in total. The van der Waals surface area contributed by atoms with E-state index in [0.717, 1.165) is 61.5 Å². The van der Waals surface area contributed by atoms with Gasteiger partial charge in [-0.3, -0.25) is 24.2 Å². The lowest BCUT2D eigenvalue weighted by molar-refractivity contribution is 0.101. The molecule has 78 heavy (non-hydrogen) atoms. The maximum atomic E-state index is 14.4. The zero-order valence-corrected chi connectivity index (χ0v) is 43.7. The van der Waals surface area contributed by atoms with E-state index in [-0.39, 0.29) is 29.4 Å². The number of halogens is 1. The van der Waals surface area contributed by atoms with Crippen LogP contribution in [0.4, 0.5) is 38.5 Å². The largest absolute Gasteiger partial charge is 0.490 e. The fraction of sp³-hybridized carbons (Fsp3) is 0.262. The molecule has 7 aromatic rings. The molecule has 3 aliphatic heterocycles. The number of nitrogens with one attached hydrogen (secondary N) is 5. The van der Waals surface area contributed by atoms with Crippen molar-refractivity contribution >= 4 is 57.8 Å². The number of carbonyl (C=O) groups excluding carboxylic acids is 4. The molecule has 3 aliphatic rings. The van der Waals surface area contributed by atoms with E-state index in [2.05, 4.69) is 36.5 Å². The van der Waals surface area contributed by atoms with Gasteiger partial charge in [0.05, 0.1) is 32.1 Å². The van der Waals surface area contributed by atoms with Crippen molar-refractivity contribution in [3.05, 3.63) is 197 Å². The Morgan fingerprint density at radius 2 is 1.13 bits per heavy atom. The van der Waals surface area contributed by atoms with Gasteiger partial charge in [-0.15, -0.1) is 0 Å². The number of anilines is 6. The van der Waals surface area contributed by atoms with E-state index in [9.17, 15) is 23.6 Å². The Labute approximate surface area is 453 Å². The summed E-state index contributed by atoms with van der Waals surface area (Å²) in [7, 11) is 0. The van der Waals surface area contributed by atoms with Crippen LogP contribution in [0.2, 0.25) is 0 Å². The molecular formula is C61H63FN8O8. The number of hydrogen-bond donors (Lipinski definition) is 5. The number of amides is 4. The smallest absolute Gasteiger partial charge is 0.255 e. The van der Waals surface area contributed by atoms with E-state index < -0.39 is 11.7 Å². The van der Waals surface area contributed by atoms with Crippen LogP contribution in [0.25, 0.3) is 0 Å². The molecule has 0 atom stereocenters. The SMILES string of the molecule is Cc1ccc(NC(=O)c2cc(F)cc(N3CCOCC3)c2)cc1NC(=O)c1cccc(OC2CCNCC2)c1.Cc1ccc(NC(=O)c2cccc(N3CCOCC3)c2)cc1NC(=O)c1ccc(OCc2ccccn2)cc1. The molecule has 10 rings (SSSR count). The molecule has 0 spiro atoms. The monoisotopic (exact) mass is 1050 g/mol. The van der Waals surface area contributed by atoms with Crippen LogP contribution < -0.4 is 45.9 Å². The quantitative estimate of drug-likeness (QED) is 0.0656. The maximum absolute atomic E-state index is 14.4. The van der Waals surface area contributed by atoms with Gasteiger partial charge < -0.3 is 55.3 Å². The molecule has 1 aromatic heterocycles. The second kappa shape index (κ2) is 26.4. The average molecular weight is 1060 g/mol. The number of aromatic nitrogens is 1. The number of rotatable bonds is 15. The highest BCUT2D eigenvalue weighted by molar-refractivity contribution is 6.08. The predicted molar refractivity (Wildman–Crippen MR) is 301 cm³/mol. The first-order valence-corrected chi connectivity index (χ1v) is 26.1. The Kier molecular flexibility index (Phi) is 18.3. The Hall–Kier alpha value is -8.64. The molecule has 17 heteroatoms. The zero-order valence-electron chi connectivity index (χ0n) is 43.7. The molecule has 3 fully saturated rings. The highest BCUT2D eigenvalue weighted by Gasteiger charge is 2.20. The number of benzene rings is 6. The van der Waals surface area contributed by atoms with Crippen molar-refractivity contribution in [2.24, 2.45) is 0 Å². The third-order valence-corrected chi connectivity index (χ3v) is 13.4. The molecule has 4 heterocycles. The molecule has 16 nitrogen and oxygen atoms in total. The summed E-state index contributed by atoms with van der Waals surface area (Å²) in [5.74, 6) is -0.351. The zero-order chi connectivity index (χ0) is 54.2. The minimum absolute atomic E-state index is 0.134. The number of ether oxygens (including phenoxy) is 4. The first-order valence-electron chi connectivity index (χ1n) is 26.1.